The number of rotatable bonds is 12. The monoisotopic (exact) mass is 391 g/mol. The molecule has 0 aliphatic carbocycles. The molecule has 0 spiro atoms. The van der Waals surface area contributed by atoms with E-state index in [1.54, 1.807) is 45.0 Å². The Kier molecular flexibility index (Phi) is 9.62. The van der Waals surface area contributed by atoms with Gasteiger partial charge in [0, 0.05) is 11.8 Å². The molecule has 0 saturated carbocycles. The summed E-state index contributed by atoms with van der Waals surface area (Å²) < 4.78 is 41.0. The van der Waals surface area contributed by atoms with Gasteiger partial charge < -0.3 is 18.9 Å². The molecule has 0 fully saturated rings. The molecule has 0 aromatic heterocycles. The van der Waals surface area contributed by atoms with Crippen molar-refractivity contribution in [2.24, 2.45) is 0 Å². The van der Waals surface area contributed by atoms with Crippen LogP contribution < -0.4 is 5.32 Å². The highest BCUT2D eigenvalue weighted by atomic mass is 31.2. The maximum absolute atomic E-state index is 12.9. The molecule has 142 valence electrons. The zero-order valence-electron chi connectivity index (χ0n) is 15.0. The van der Waals surface area contributed by atoms with Crippen LogP contribution in [0.4, 0.5) is 10.5 Å². The molecule has 1 rings (SSSR count). The summed E-state index contributed by atoms with van der Waals surface area (Å²) in [5.41, 5.74) is -0.120. The molecule has 0 aliphatic heterocycles. The maximum Gasteiger partial charge on any atom is 0.330 e. The second-order valence-corrected chi connectivity index (χ2v) is 9.78. The van der Waals surface area contributed by atoms with E-state index in [-0.39, 0.29) is 38.6 Å². The van der Waals surface area contributed by atoms with Crippen LogP contribution in [0.3, 0.4) is 0 Å². The number of carbonyl (C=O) groups is 1. The average Bonchev–Trinajstić information content (AvgIpc) is 2.56. The molecule has 1 atom stereocenters. The lowest BCUT2D eigenvalue weighted by atomic mass is 10.3. The molecule has 0 radical (unpaired) electrons. The van der Waals surface area contributed by atoms with E-state index in [1.165, 1.54) is 0 Å². The summed E-state index contributed by atoms with van der Waals surface area (Å²) in [5.74, 6) is 0. The highest BCUT2D eigenvalue weighted by Gasteiger charge is 2.34. The molecule has 0 bridgehead atoms. The first-order valence-electron chi connectivity index (χ1n) is 8.37. The summed E-state index contributed by atoms with van der Waals surface area (Å²) >= 11 is 0. The van der Waals surface area contributed by atoms with Gasteiger partial charge in [-0.1, -0.05) is 18.2 Å². The van der Waals surface area contributed by atoms with Crippen LogP contribution in [-0.2, 0) is 22.7 Å². The normalized spacial score (nSPS) is 14.0. The van der Waals surface area contributed by atoms with E-state index in [0.717, 1.165) is 0 Å². The van der Waals surface area contributed by atoms with Crippen molar-refractivity contribution in [2.75, 3.05) is 37.5 Å². The third-order valence-corrected chi connectivity index (χ3v) is 7.69. The Morgan fingerprint density at radius 1 is 0.920 bits per heavy atom. The molecule has 1 N–H and O–H groups in total. The first kappa shape index (κ1) is 22.1. The van der Waals surface area contributed by atoms with Crippen LogP contribution in [0.1, 0.15) is 27.2 Å². The predicted octanol–water partition coefficient (Wildman–Crippen LogP) is 5.19. The molecule has 0 saturated heterocycles. The Hall–Kier alpha value is -0.970. The molecule has 1 amide bonds. The van der Waals surface area contributed by atoms with Gasteiger partial charge in [-0.05, 0) is 39.3 Å². The van der Waals surface area contributed by atoms with Gasteiger partial charge in [-0.2, -0.15) is 0 Å². The van der Waals surface area contributed by atoms with Crippen molar-refractivity contribution in [3.8, 4) is 0 Å². The Morgan fingerprint density at radius 3 is 2.00 bits per heavy atom. The molecule has 1 unspecified atom stereocenters. The van der Waals surface area contributed by atoms with E-state index in [1.807, 2.05) is 6.07 Å². The second kappa shape index (κ2) is 10.9. The smallest absolute Gasteiger partial charge is 0.322 e. The van der Waals surface area contributed by atoms with Crippen molar-refractivity contribution >= 4 is 26.3 Å². The standard InChI is InChI=1S/C16H27NO6P2/c1-4-21-24(19,16(18)17-15-11-8-7-9-12-15)13-10-14-25(20,22-5-2)23-6-3/h7-9,11-12H,4-6,10,13-14H2,1-3H3,(H,17,18). The molecule has 9 heteroatoms. The van der Waals surface area contributed by atoms with Crippen molar-refractivity contribution < 1.29 is 27.5 Å². The lowest BCUT2D eigenvalue weighted by molar-refractivity contribution is 0.220. The minimum atomic E-state index is -3.58. The largest absolute Gasteiger partial charge is 0.330 e. The molecule has 1 aromatic rings. The lowest BCUT2D eigenvalue weighted by Gasteiger charge is -2.20. The number of anilines is 1. The van der Waals surface area contributed by atoms with Gasteiger partial charge in [-0.3, -0.25) is 13.9 Å². The summed E-state index contributed by atoms with van der Waals surface area (Å²) in [7, 11) is -6.81. The van der Waals surface area contributed by atoms with Gasteiger partial charge in [0.25, 0.3) is 7.37 Å². The summed E-state index contributed by atoms with van der Waals surface area (Å²) in [5, 5.41) is 2.61. The van der Waals surface area contributed by atoms with Crippen LogP contribution >= 0.6 is 15.0 Å². The zero-order valence-corrected chi connectivity index (χ0v) is 16.8. The summed E-state index contributed by atoms with van der Waals surface area (Å²) in [6.07, 6.45) is 0.296. The Labute approximate surface area is 149 Å². The van der Waals surface area contributed by atoms with Gasteiger partial charge in [-0.15, -0.1) is 0 Å². The molecule has 0 heterocycles. The Bertz CT molecular complexity index is 612. The SMILES string of the molecule is CCOP(=O)(CCCP(=O)(OCC)C(=O)Nc1ccccc1)OCC. The number of amides is 1. The van der Waals surface area contributed by atoms with Crippen LogP contribution in [0.2, 0.25) is 0 Å². The summed E-state index contributed by atoms with van der Waals surface area (Å²) in [6, 6.07) is 8.75. The Morgan fingerprint density at radius 2 is 1.48 bits per heavy atom. The number of hydrogen-bond donors (Lipinski definition) is 1. The lowest BCUT2D eigenvalue weighted by Crippen LogP contribution is -2.15. The molecule has 0 aliphatic rings. The fraction of sp³-hybridized carbons (Fsp3) is 0.562. The third kappa shape index (κ3) is 7.43. The van der Waals surface area contributed by atoms with Crippen LogP contribution in [0.15, 0.2) is 30.3 Å². The predicted molar refractivity (Wildman–Crippen MR) is 99.9 cm³/mol. The summed E-state index contributed by atoms with van der Waals surface area (Å²) in [4.78, 5) is 12.4. The van der Waals surface area contributed by atoms with E-state index >= 15 is 0 Å². The van der Waals surface area contributed by atoms with E-state index in [2.05, 4.69) is 5.32 Å². The van der Waals surface area contributed by atoms with Gasteiger partial charge in [0.05, 0.1) is 26.0 Å². The van der Waals surface area contributed by atoms with E-state index in [9.17, 15) is 13.9 Å². The van der Waals surface area contributed by atoms with Crippen LogP contribution in [0.5, 0.6) is 0 Å². The van der Waals surface area contributed by atoms with Gasteiger partial charge in [0.2, 0.25) is 0 Å². The van der Waals surface area contributed by atoms with E-state index < -0.39 is 20.6 Å². The van der Waals surface area contributed by atoms with Crippen molar-refractivity contribution in [1.82, 2.24) is 0 Å². The average molecular weight is 391 g/mol. The van der Waals surface area contributed by atoms with Gasteiger partial charge in [0.1, 0.15) is 0 Å². The number of carbonyl (C=O) groups excluding carboxylic acids is 1. The minimum absolute atomic E-state index is 0.0242. The highest BCUT2D eigenvalue weighted by molar-refractivity contribution is 7.76. The maximum atomic E-state index is 12.9. The number of nitrogens with one attached hydrogen (secondary N) is 1. The Balaban J connectivity index is 2.72. The first-order chi connectivity index (χ1) is 11.9. The van der Waals surface area contributed by atoms with Gasteiger partial charge in [-0.25, -0.2) is 0 Å². The van der Waals surface area contributed by atoms with Gasteiger partial charge in [0.15, 0.2) is 0 Å². The van der Waals surface area contributed by atoms with Gasteiger partial charge >= 0.3 is 13.2 Å². The van der Waals surface area contributed by atoms with Crippen LogP contribution in [0.25, 0.3) is 0 Å². The van der Waals surface area contributed by atoms with Crippen molar-refractivity contribution in [3.05, 3.63) is 30.3 Å². The van der Waals surface area contributed by atoms with Crippen molar-refractivity contribution in [2.45, 2.75) is 27.2 Å². The number of hydrogen-bond acceptors (Lipinski definition) is 6. The van der Waals surface area contributed by atoms with Crippen molar-refractivity contribution in [3.63, 3.8) is 0 Å². The molecular formula is C16H27NO6P2. The summed E-state index contributed by atoms with van der Waals surface area (Å²) in [6.45, 7) is 5.79. The quantitative estimate of drug-likeness (QED) is 0.493. The molecular weight excluding hydrogens is 364 g/mol. The first-order valence-corrected chi connectivity index (χ1v) is 11.9. The second-order valence-electron chi connectivity index (χ2n) is 5.13. The van der Waals surface area contributed by atoms with E-state index in [4.69, 9.17) is 13.6 Å². The van der Waals surface area contributed by atoms with Crippen LogP contribution in [-0.4, -0.2) is 37.8 Å². The van der Waals surface area contributed by atoms with Crippen LogP contribution in [0, 0.1) is 0 Å². The topological polar surface area (TPSA) is 90.9 Å². The zero-order chi connectivity index (χ0) is 18.8. The number of para-hydroxylation sites is 1. The molecule has 1 aromatic carbocycles. The fourth-order valence-electron chi connectivity index (χ4n) is 2.20. The fourth-order valence-corrected chi connectivity index (χ4v) is 5.85. The van der Waals surface area contributed by atoms with E-state index in [0.29, 0.717) is 5.69 Å². The molecule has 7 nitrogen and oxygen atoms in total. The molecule has 25 heavy (non-hydrogen) atoms. The third-order valence-electron chi connectivity index (χ3n) is 3.21. The van der Waals surface area contributed by atoms with Crippen molar-refractivity contribution in [1.29, 1.82) is 0 Å². The minimum Gasteiger partial charge on any atom is -0.322 e. The number of benzene rings is 1. The highest BCUT2D eigenvalue weighted by Crippen LogP contribution is 2.53.